The van der Waals surface area contributed by atoms with Crippen molar-refractivity contribution in [3.05, 3.63) is 0 Å². The van der Waals surface area contributed by atoms with Crippen LogP contribution < -0.4 is 0 Å². The first-order valence-corrected chi connectivity index (χ1v) is 7.38. The quantitative estimate of drug-likeness (QED) is 0.657. The van der Waals surface area contributed by atoms with Crippen molar-refractivity contribution in [1.82, 2.24) is 0 Å². The average Bonchev–Trinajstić information content (AvgIpc) is 2.18. The van der Waals surface area contributed by atoms with Crippen LogP contribution in [-0.2, 0) is 4.79 Å². The molecule has 0 spiro atoms. The third-order valence-corrected chi connectivity index (χ3v) is 4.82. The Morgan fingerprint density at radius 3 is 2.47 bits per heavy atom. The van der Waals surface area contributed by atoms with E-state index in [-0.39, 0.29) is 0 Å². The highest BCUT2D eigenvalue weighted by Crippen LogP contribution is 2.45. The average molecular weight is 236 g/mol. The lowest BCUT2D eigenvalue weighted by molar-refractivity contribution is -0.128. The van der Waals surface area contributed by atoms with Crippen molar-refractivity contribution in [2.75, 3.05) is 0 Å². The van der Waals surface area contributed by atoms with Gasteiger partial charge in [-0.15, -0.1) is 0 Å². The van der Waals surface area contributed by atoms with Gasteiger partial charge in [0.1, 0.15) is 5.78 Å². The normalized spacial score (nSPS) is 38.9. The summed E-state index contributed by atoms with van der Waals surface area (Å²) in [6.45, 7) is 9.19. The molecule has 0 aromatic rings. The second kappa shape index (κ2) is 4.74. The van der Waals surface area contributed by atoms with Crippen LogP contribution in [0.1, 0.15) is 66.2 Å². The van der Waals surface area contributed by atoms with E-state index in [2.05, 4.69) is 27.7 Å². The first-order chi connectivity index (χ1) is 7.85. The van der Waals surface area contributed by atoms with Gasteiger partial charge in [-0.1, -0.05) is 34.1 Å². The van der Waals surface area contributed by atoms with E-state index in [1.165, 1.54) is 32.1 Å². The molecular weight excluding hydrogens is 208 g/mol. The Bertz CT molecular complexity index is 286. The van der Waals surface area contributed by atoms with Crippen LogP contribution in [0, 0.1) is 29.1 Å². The van der Waals surface area contributed by atoms with Gasteiger partial charge in [0.25, 0.3) is 0 Å². The summed E-state index contributed by atoms with van der Waals surface area (Å²) >= 11 is 0. The van der Waals surface area contributed by atoms with Crippen LogP contribution >= 0.6 is 0 Å². The van der Waals surface area contributed by atoms with Gasteiger partial charge in [0, 0.05) is 12.3 Å². The van der Waals surface area contributed by atoms with Gasteiger partial charge < -0.3 is 0 Å². The van der Waals surface area contributed by atoms with Crippen LogP contribution in [0.3, 0.4) is 0 Å². The third-order valence-electron chi connectivity index (χ3n) is 4.82. The SMILES string of the molecule is CC1CC2C[C@H](CC(C)(C)C)CCC2CC1=O. The second-order valence-electron chi connectivity index (χ2n) is 7.77. The minimum atomic E-state index is 0.338. The molecule has 2 aliphatic carbocycles. The number of Topliss-reactive ketones (excluding diaryl/α,β-unsaturated/α-hetero) is 1. The van der Waals surface area contributed by atoms with E-state index in [4.69, 9.17) is 0 Å². The number of ketones is 1. The van der Waals surface area contributed by atoms with E-state index < -0.39 is 0 Å². The van der Waals surface area contributed by atoms with Crippen molar-refractivity contribution in [3.8, 4) is 0 Å². The molecule has 3 unspecified atom stereocenters. The van der Waals surface area contributed by atoms with E-state index in [1.807, 2.05) is 0 Å². The molecule has 0 heterocycles. The molecule has 0 bridgehead atoms. The van der Waals surface area contributed by atoms with Gasteiger partial charge in [-0.2, -0.15) is 0 Å². The van der Waals surface area contributed by atoms with Crippen LogP contribution in [0.15, 0.2) is 0 Å². The van der Waals surface area contributed by atoms with Gasteiger partial charge in [0.2, 0.25) is 0 Å². The Morgan fingerprint density at radius 1 is 1.12 bits per heavy atom. The lowest BCUT2D eigenvalue weighted by Gasteiger charge is -2.42. The highest BCUT2D eigenvalue weighted by Gasteiger charge is 2.38. The van der Waals surface area contributed by atoms with Gasteiger partial charge in [0.15, 0.2) is 0 Å². The topological polar surface area (TPSA) is 17.1 Å². The third kappa shape index (κ3) is 3.33. The van der Waals surface area contributed by atoms with Gasteiger partial charge in [-0.3, -0.25) is 4.79 Å². The van der Waals surface area contributed by atoms with Crippen molar-refractivity contribution in [1.29, 1.82) is 0 Å². The molecule has 2 rings (SSSR count). The van der Waals surface area contributed by atoms with E-state index in [1.54, 1.807) is 0 Å². The highest BCUT2D eigenvalue weighted by molar-refractivity contribution is 5.81. The number of rotatable bonds is 1. The zero-order valence-electron chi connectivity index (χ0n) is 12.0. The second-order valence-corrected chi connectivity index (χ2v) is 7.77. The fraction of sp³-hybridized carbons (Fsp3) is 0.938. The van der Waals surface area contributed by atoms with E-state index in [9.17, 15) is 4.79 Å². The highest BCUT2D eigenvalue weighted by atomic mass is 16.1. The Morgan fingerprint density at radius 2 is 1.82 bits per heavy atom. The maximum Gasteiger partial charge on any atom is 0.135 e. The summed E-state index contributed by atoms with van der Waals surface area (Å²) in [7, 11) is 0. The molecule has 4 atom stereocenters. The van der Waals surface area contributed by atoms with Crippen molar-refractivity contribution in [3.63, 3.8) is 0 Å². The van der Waals surface area contributed by atoms with Gasteiger partial charge in [-0.25, -0.2) is 0 Å². The molecule has 17 heavy (non-hydrogen) atoms. The lowest BCUT2D eigenvalue weighted by atomic mass is 9.63. The fourth-order valence-electron chi connectivity index (χ4n) is 4.08. The molecule has 0 N–H and O–H groups in total. The van der Waals surface area contributed by atoms with Gasteiger partial charge >= 0.3 is 0 Å². The summed E-state index contributed by atoms with van der Waals surface area (Å²) in [5, 5.41) is 0. The summed E-state index contributed by atoms with van der Waals surface area (Å²) in [6, 6.07) is 0. The lowest BCUT2D eigenvalue weighted by Crippen LogP contribution is -2.36. The zero-order valence-corrected chi connectivity index (χ0v) is 12.0. The largest absolute Gasteiger partial charge is 0.299 e. The molecule has 2 aliphatic rings. The molecule has 0 aromatic heterocycles. The van der Waals surface area contributed by atoms with Crippen LogP contribution in [0.5, 0.6) is 0 Å². The molecule has 0 saturated heterocycles. The predicted octanol–water partition coefficient (Wildman–Crippen LogP) is 4.45. The number of hydrogen-bond donors (Lipinski definition) is 0. The maximum atomic E-state index is 11.8. The summed E-state index contributed by atoms with van der Waals surface area (Å²) < 4.78 is 0. The van der Waals surface area contributed by atoms with Gasteiger partial charge in [0.05, 0.1) is 0 Å². The first-order valence-electron chi connectivity index (χ1n) is 7.38. The fourth-order valence-corrected chi connectivity index (χ4v) is 4.08. The smallest absolute Gasteiger partial charge is 0.135 e. The number of carbonyl (C=O) groups is 1. The number of fused-ring (bicyclic) bond motifs is 1. The monoisotopic (exact) mass is 236 g/mol. The summed E-state index contributed by atoms with van der Waals surface area (Å²) in [5.41, 5.74) is 0.466. The Balaban J connectivity index is 1.93. The summed E-state index contributed by atoms with van der Waals surface area (Å²) in [6.07, 6.45) is 7.47. The molecule has 0 aromatic carbocycles. The maximum absolute atomic E-state index is 11.8. The molecular formula is C16H28O. The Labute approximate surface area is 106 Å². The predicted molar refractivity (Wildman–Crippen MR) is 71.8 cm³/mol. The molecule has 2 fully saturated rings. The molecule has 1 heteroatoms. The van der Waals surface area contributed by atoms with Crippen LogP contribution in [0.4, 0.5) is 0 Å². The van der Waals surface area contributed by atoms with Crippen LogP contribution in [0.2, 0.25) is 0 Å². The van der Waals surface area contributed by atoms with Crippen molar-refractivity contribution >= 4 is 5.78 Å². The van der Waals surface area contributed by atoms with Crippen LogP contribution in [-0.4, -0.2) is 5.78 Å². The summed E-state index contributed by atoms with van der Waals surface area (Å²) in [5.74, 6) is 3.36. The molecule has 98 valence electrons. The van der Waals surface area contributed by atoms with Crippen molar-refractivity contribution in [2.24, 2.45) is 29.1 Å². The first kappa shape index (κ1) is 13.1. The van der Waals surface area contributed by atoms with Crippen molar-refractivity contribution in [2.45, 2.75) is 66.2 Å². The molecule has 0 radical (unpaired) electrons. The summed E-state index contributed by atoms with van der Waals surface area (Å²) in [4.78, 5) is 11.8. The Kier molecular flexibility index (Phi) is 3.66. The van der Waals surface area contributed by atoms with Gasteiger partial charge in [-0.05, 0) is 48.9 Å². The molecule has 0 amide bonds. The zero-order chi connectivity index (χ0) is 12.6. The number of hydrogen-bond acceptors (Lipinski definition) is 1. The van der Waals surface area contributed by atoms with E-state index in [0.29, 0.717) is 17.1 Å². The van der Waals surface area contributed by atoms with Crippen molar-refractivity contribution < 1.29 is 4.79 Å². The minimum absolute atomic E-state index is 0.338. The Hall–Kier alpha value is -0.330. The van der Waals surface area contributed by atoms with E-state index >= 15 is 0 Å². The van der Waals surface area contributed by atoms with E-state index in [0.717, 1.165) is 24.2 Å². The number of carbonyl (C=O) groups excluding carboxylic acids is 1. The molecule has 1 nitrogen and oxygen atoms in total. The molecule has 0 aliphatic heterocycles. The standard InChI is InChI=1S/C16H28O/c1-11-7-14-8-12(10-16(2,3)4)5-6-13(14)9-15(11)17/h11-14H,5-10H2,1-4H3/t11?,12-,13?,14?/m1/s1. The molecule has 2 saturated carbocycles. The minimum Gasteiger partial charge on any atom is -0.299 e. The van der Waals surface area contributed by atoms with Crippen LogP contribution in [0.25, 0.3) is 0 Å².